The minimum absolute atomic E-state index is 0.0562. The highest BCUT2D eigenvalue weighted by Crippen LogP contribution is 2.22. The lowest BCUT2D eigenvalue weighted by atomic mass is 10.4. The number of allylic oxidation sites excluding steroid dienone is 1. The number of amidine groups is 1. The third kappa shape index (κ3) is 2.76. The molecule has 0 amide bonds. The lowest BCUT2D eigenvalue weighted by molar-refractivity contribution is 0.540. The summed E-state index contributed by atoms with van der Waals surface area (Å²) in [6.07, 6.45) is 1.97. The van der Waals surface area contributed by atoms with Crippen LogP contribution in [-0.4, -0.2) is 26.9 Å². The van der Waals surface area contributed by atoms with Gasteiger partial charge in [-0.05, 0) is 45.4 Å². The van der Waals surface area contributed by atoms with E-state index in [2.05, 4.69) is 59.4 Å². The SMILES string of the molecule is C/C=C(/I)N1C[C@@H](Br)N=C(Br)C1=N. The molecule has 0 aliphatic carbocycles. The van der Waals surface area contributed by atoms with Crippen LogP contribution in [0.4, 0.5) is 0 Å². The number of hydrogen-bond acceptors (Lipinski definition) is 2. The Morgan fingerprint density at radius 1 is 1.85 bits per heavy atom. The molecule has 0 saturated carbocycles. The highest BCUT2D eigenvalue weighted by Gasteiger charge is 2.24. The number of hydrogen-bond donors (Lipinski definition) is 1. The molecule has 72 valence electrons. The summed E-state index contributed by atoms with van der Waals surface area (Å²) in [6.45, 7) is 2.66. The van der Waals surface area contributed by atoms with Gasteiger partial charge in [-0.3, -0.25) is 10.4 Å². The van der Waals surface area contributed by atoms with Crippen LogP contribution in [0.5, 0.6) is 0 Å². The second-order valence-corrected chi connectivity index (χ2v) is 5.34. The van der Waals surface area contributed by atoms with Crippen molar-refractivity contribution in [2.75, 3.05) is 6.54 Å². The van der Waals surface area contributed by atoms with Gasteiger partial charge in [0.15, 0.2) is 5.84 Å². The predicted molar refractivity (Wildman–Crippen MR) is 71.3 cm³/mol. The number of nitrogens with one attached hydrogen (secondary N) is 1. The van der Waals surface area contributed by atoms with Crippen LogP contribution in [0.25, 0.3) is 0 Å². The summed E-state index contributed by atoms with van der Waals surface area (Å²) in [5.41, 5.74) is 0. The van der Waals surface area contributed by atoms with Crippen molar-refractivity contribution in [2.45, 2.75) is 11.9 Å². The normalized spacial score (nSPS) is 24.8. The van der Waals surface area contributed by atoms with Crippen LogP contribution in [0.1, 0.15) is 6.92 Å². The standard InChI is InChI=1S/C7H8Br2IN3/c1-2-5(10)13-3-4(8)12-6(9)7(13)11/h2,4,11H,3H2,1H3/b5-2-,11-7?/t4-/m0/s1. The Morgan fingerprint density at radius 3 is 3.00 bits per heavy atom. The van der Waals surface area contributed by atoms with E-state index in [9.17, 15) is 0 Å². The van der Waals surface area contributed by atoms with Crippen molar-refractivity contribution in [2.24, 2.45) is 4.99 Å². The Labute approximate surface area is 108 Å². The average molecular weight is 421 g/mol. The molecule has 0 aromatic heterocycles. The molecule has 0 saturated heterocycles. The van der Waals surface area contributed by atoms with E-state index in [1.165, 1.54) is 0 Å². The molecule has 1 heterocycles. The molecule has 1 aliphatic heterocycles. The van der Waals surface area contributed by atoms with Crippen LogP contribution in [0.3, 0.4) is 0 Å². The first-order chi connectivity index (χ1) is 6.06. The van der Waals surface area contributed by atoms with Crippen molar-refractivity contribution in [1.82, 2.24) is 4.90 Å². The molecule has 0 fully saturated rings. The number of nitrogens with zero attached hydrogens (tertiary/aromatic N) is 2. The highest BCUT2D eigenvalue weighted by atomic mass is 127. The Balaban J connectivity index is 2.91. The summed E-state index contributed by atoms with van der Waals surface area (Å²) in [6, 6.07) is 0. The van der Waals surface area contributed by atoms with Gasteiger partial charge in [0.25, 0.3) is 0 Å². The zero-order valence-corrected chi connectivity index (χ0v) is 12.2. The van der Waals surface area contributed by atoms with Gasteiger partial charge in [-0.25, -0.2) is 0 Å². The summed E-state index contributed by atoms with van der Waals surface area (Å²) in [5.74, 6) is 0.415. The number of halogens is 3. The Bertz CT molecular complexity index is 287. The fraction of sp³-hybridized carbons (Fsp3) is 0.429. The third-order valence-corrected chi connectivity index (χ3v) is 3.83. The molecular formula is C7H8Br2IN3. The van der Waals surface area contributed by atoms with Crippen LogP contribution in [0.2, 0.25) is 0 Å². The largest absolute Gasteiger partial charge is 0.317 e. The molecule has 0 radical (unpaired) electrons. The van der Waals surface area contributed by atoms with Gasteiger partial charge in [-0.15, -0.1) is 0 Å². The van der Waals surface area contributed by atoms with Gasteiger partial charge in [0.2, 0.25) is 0 Å². The maximum atomic E-state index is 7.76. The number of rotatable bonds is 1. The molecule has 1 aliphatic rings. The molecule has 13 heavy (non-hydrogen) atoms. The minimum atomic E-state index is 0.0562. The first kappa shape index (κ1) is 11.6. The molecule has 1 N–H and O–H groups in total. The van der Waals surface area contributed by atoms with Gasteiger partial charge in [-0.1, -0.05) is 22.0 Å². The van der Waals surface area contributed by atoms with Gasteiger partial charge in [-0.2, -0.15) is 0 Å². The van der Waals surface area contributed by atoms with E-state index in [0.29, 0.717) is 17.0 Å². The maximum absolute atomic E-state index is 7.76. The Hall–Kier alpha value is 0.570. The molecular weight excluding hydrogens is 413 g/mol. The molecule has 0 unspecified atom stereocenters. The summed E-state index contributed by atoms with van der Waals surface area (Å²) >= 11 is 8.87. The zero-order chi connectivity index (χ0) is 10.0. The maximum Gasteiger partial charge on any atom is 0.158 e. The van der Waals surface area contributed by atoms with E-state index < -0.39 is 0 Å². The molecule has 0 aromatic carbocycles. The predicted octanol–water partition coefficient (Wildman–Crippen LogP) is 3.09. The smallest absolute Gasteiger partial charge is 0.158 e. The second-order valence-electron chi connectivity index (χ2n) is 2.42. The molecule has 3 nitrogen and oxygen atoms in total. The van der Waals surface area contributed by atoms with Crippen molar-refractivity contribution >= 4 is 64.9 Å². The fourth-order valence-electron chi connectivity index (χ4n) is 0.928. The summed E-state index contributed by atoms with van der Waals surface area (Å²) < 4.78 is 1.63. The van der Waals surface area contributed by atoms with Gasteiger partial charge in [0.05, 0.1) is 10.2 Å². The van der Waals surface area contributed by atoms with Gasteiger partial charge < -0.3 is 4.90 Å². The minimum Gasteiger partial charge on any atom is -0.317 e. The summed E-state index contributed by atoms with van der Waals surface area (Å²) in [5, 5.41) is 7.76. The van der Waals surface area contributed by atoms with Crippen molar-refractivity contribution in [1.29, 1.82) is 5.41 Å². The van der Waals surface area contributed by atoms with E-state index in [-0.39, 0.29) is 4.95 Å². The lowest BCUT2D eigenvalue weighted by Crippen LogP contribution is -2.40. The monoisotopic (exact) mass is 419 g/mol. The topological polar surface area (TPSA) is 39.5 Å². The van der Waals surface area contributed by atoms with Gasteiger partial charge >= 0.3 is 0 Å². The van der Waals surface area contributed by atoms with Crippen LogP contribution in [0, 0.1) is 5.41 Å². The first-order valence-electron chi connectivity index (χ1n) is 3.62. The van der Waals surface area contributed by atoms with E-state index in [1.54, 1.807) is 0 Å². The zero-order valence-electron chi connectivity index (χ0n) is 6.89. The molecule has 0 spiro atoms. The number of aliphatic imine (C=N–C) groups is 1. The molecule has 0 aromatic rings. The average Bonchev–Trinajstić information content (AvgIpc) is 2.10. The van der Waals surface area contributed by atoms with Gasteiger partial charge in [0, 0.05) is 0 Å². The van der Waals surface area contributed by atoms with Crippen LogP contribution in [-0.2, 0) is 0 Å². The van der Waals surface area contributed by atoms with Crippen molar-refractivity contribution in [3.05, 3.63) is 9.78 Å². The van der Waals surface area contributed by atoms with E-state index >= 15 is 0 Å². The van der Waals surface area contributed by atoms with Gasteiger partial charge in [0.1, 0.15) is 9.57 Å². The van der Waals surface area contributed by atoms with Crippen LogP contribution in [0.15, 0.2) is 14.8 Å². The highest BCUT2D eigenvalue weighted by molar-refractivity contribution is 14.1. The van der Waals surface area contributed by atoms with Crippen molar-refractivity contribution < 1.29 is 0 Å². The molecule has 1 atom stereocenters. The van der Waals surface area contributed by atoms with E-state index in [1.807, 2.05) is 17.9 Å². The van der Waals surface area contributed by atoms with Crippen LogP contribution >= 0.6 is 54.5 Å². The molecule has 0 bridgehead atoms. The third-order valence-electron chi connectivity index (χ3n) is 1.55. The van der Waals surface area contributed by atoms with E-state index in [0.717, 1.165) is 3.70 Å². The Kier molecular flexibility index (Phi) is 4.37. The number of alkyl halides is 1. The fourth-order valence-corrected chi connectivity index (χ4v) is 2.60. The lowest BCUT2D eigenvalue weighted by Gasteiger charge is -2.29. The quantitative estimate of drug-likeness (QED) is 0.395. The summed E-state index contributed by atoms with van der Waals surface area (Å²) in [4.78, 5) is 6.14. The Morgan fingerprint density at radius 2 is 2.46 bits per heavy atom. The second kappa shape index (κ2) is 4.88. The van der Waals surface area contributed by atoms with E-state index in [4.69, 9.17) is 5.41 Å². The molecule has 6 heteroatoms. The first-order valence-corrected chi connectivity index (χ1v) is 6.40. The summed E-state index contributed by atoms with van der Waals surface area (Å²) in [7, 11) is 0. The molecule has 1 rings (SSSR count). The van der Waals surface area contributed by atoms with Crippen molar-refractivity contribution in [3.63, 3.8) is 0 Å². The van der Waals surface area contributed by atoms with Crippen LogP contribution < -0.4 is 0 Å². The van der Waals surface area contributed by atoms with Crippen molar-refractivity contribution in [3.8, 4) is 0 Å².